The molecule has 0 heterocycles. The number of aliphatic imine (C=N–C) groups is 1. The smallest absolute Gasteiger partial charge is 0.121 e. The normalized spacial score (nSPS) is 11.5. The van der Waals surface area contributed by atoms with Crippen LogP contribution in [0.4, 0.5) is 0 Å². The summed E-state index contributed by atoms with van der Waals surface area (Å²) in [6.45, 7) is 2.93. The zero-order valence-corrected chi connectivity index (χ0v) is 9.76. The van der Waals surface area contributed by atoms with E-state index in [-0.39, 0.29) is 0 Å². The Hall–Kier alpha value is -1.00. The molecule has 0 aromatic heterocycles. The fraction of sp³-hybridized carbons (Fsp3) is 0.364. The minimum Gasteiger partial charge on any atom is -0.312 e. The van der Waals surface area contributed by atoms with Gasteiger partial charge in [-0.2, -0.15) is 0 Å². The van der Waals surface area contributed by atoms with Gasteiger partial charge in [-0.3, -0.25) is 4.99 Å². The fourth-order valence-electron chi connectivity index (χ4n) is 1.05. The average molecular weight is 223 g/mol. The van der Waals surface area contributed by atoms with E-state index in [4.69, 9.17) is 5.84 Å². The molecule has 0 aliphatic heterocycles. The lowest BCUT2D eigenvalue weighted by atomic mass is 10.4. The summed E-state index contributed by atoms with van der Waals surface area (Å²) < 4.78 is 0. The van der Waals surface area contributed by atoms with E-state index in [1.54, 1.807) is 11.8 Å². The number of hydrogen-bond donors (Lipinski definition) is 2. The Morgan fingerprint density at radius 3 is 2.73 bits per heavy atom. The lowest BCUT2D eigenvalue weighted by Crippen LogP contribution is -2.32. The van der Waals surface area contributed by atoms with E-state index in [1.165, 1.54) is 4.90 Å². The van der Waals surface area contributed by atoms with Crippen LogP contribution in [0.5, 0.6) is 0 Å². The molecule has 3 nitrogen and oxygen atoms in total. The van der Waals surface area contributed by atoms with Crippen LogP contribution in [0, 0.1) is 0 Å². The second-order valence-electron chi connectivity index (χ2n) is 3.07. The van der Waals surface area contributed by atoms with Crippen molar-refractivity contribution < 1.29 is 0 Å². The number of nitrogens with zero attached hydrogens (tertiary/aromatic N) is 1. The van der Waals surface area contributed by atoms with Crippen LogP contribution in [-0.2, 0) is 0 Å². The predicted octanol–water partition coefficient (Wildman–Crippen LogP) is 2.05. The molecule has 0 spiro atoms. The molecule has 0 saturated heterocycles. The summed E-state index contributed by atoms with van der Waals surface area (Å²) in [6.07, 6.45) is 1.04. The van der Waals surface area contributed by atoms with E-state index < -0.39 is 0 Å². The summed E-state index contributed by atoms with van der Waals surface area (Å²) in [6, 6.07) is 10.2. The molecule has 0 bridgehead atoms. The highest BCUT2D eigenvalue weighted by Crippen LogP contribution is 2.16. The third kappa shape index (κ3) is 4.85. The van der Waals surface area contributed by atoms with Gasteiger partial charge in [0, 0.05) is 11.4 Å². The van der Waals surface area contributed by atoms with Gasteiger partial charge in [-0.25, -0.2) is 5.84 Å². The van der Waals surface area contributed by atoms with E-state index in [0.29, 0.717) is 0 Å². The highest BCUT2D eigenvalue weighted by Gasteiger charge is 1.97. The minimum atomic E-state index is 0.792. The zero-order chi connectivity index (χ0) is 10.9. The second kappa shape index (κ2) is 7.31. The van der Waals surface area contributed by atoms with Crippen molar-refractivity contribution in [3.05, 3.63) is 30.3 Å². The first-order valence-electron chi connectivity index (χ1n) is 5.04. The van der Waals surface area contributed by atoms with E-state index in [0.717, 1.165) is 24.6 Å². The van der Waals surface area contributed by atoms with E-state index in [1.807, 2.05) is 18.2 Å². The highest BCUT2D eigenvalue weighted by molar-refractivity contribution is 8.00. The van der Waals surface area contributed by atoms with Crippen LogP contribution in [0.3, 0.4) is 0 Å². The molecule has 4 heteroatoms. The van der Waals surface area contributed by atoms with Crippen LogP contribution < -0.4 is 11.3 Å². The molecule has 15 heavy (non-hydrogen) atoms. The fourth-order valence-corrected chi connectivity index (χ4v) is 1.88. The molecule has 0 fully saturated rings. The number of hydrazine groups is 1. The number of rotatable bonds is 5. The van der Waals surface area contributed by atoms with E-state index in [2.05, 4.69) is 29.5 Å². The third-order valence-corrected chi connectivity index (χ3v) is 2.83. The number of amidine groups is 1. The van der Waals surface area contributed by atoms with Crippen molar-refractivity contribution in [1.82, 2.24) is 5.43 Å². The van der Waals surface area contributed by atoms with Gasteiger partial charge in [0.15, 0.2) is 0 Å². The van der Waals surface area contributed by atoms with Gasteiger partial charge in [0.25, 0.3) is 0 Å². The molecule has 0 unspecified atom stereocenters. The van der Waals surface area contributed by atoms with Crippen LogP contribution >= 0.6 is 11.8 Å². The SMILES string of the molecule is CCCN=C(CSc1ccccc1)NN. The van der Waals surface area contributed by atoms with Crippen molar-refractivity contribution in [2.24, 2.45) is 10.8 Å². The first kappa shape index (κ1) is 12.1. The molecule has 0 aliphatic rings. The largest absolute Gasteiger partial charge is 0.312 e. The molecule has 0 radical (unpaired) electrons. The number of nitrogens with one attached hydrogen (secondary N) is 1. The van der Waals surface area contributed by atoms with Gasteiger partial charge in [0.05, 0.1) is 5.75 Å². The van der Waals surface area contributed by atoms with Gasteiger partial charge >= 0.3 is 0 Å². The summed E-state index contributed by atoms with van der Waals surface area (Å²) in [5.74, 6) is 7.03. The molecular formula is C11H17N3S. The van der Waals surface area contributed by atoms with Gasteiger partial charge in [-0.15, -0.1) is 11.8 Å². The Balaban J connectivity index is 2.41. The van der Waals surface area contributed by atoms with Gasteiger partial charge in [0.1, 0.15) is 5.84 Å². The van der Waals surface area contributed by atoms with Crippen molar-refractivity contribution in [2.75, 3.05) is 12.3 Å². The van der Waals surface area contributed by atoms with Crippen LogP contribution in [-0.4, -0.2) is 18.1 Å². The summed E-state index contributed by atoms with van der Waals surface area (Å²) in [5.41, 5.74) is 2.64. The lowest BCUT2D eigenvalue weighted by molar-refractivity contribution is 0.905. The van der Waals surface area contributed by atoms with Gasteiger partial charge in [-0.05, 0) is 18.6 Å². The molecule has 1 rings (SSSR count). The van der Waals surface area contributed by atoms with Crippen LogP contribution in [0.2, 0.25) is 0 Å². The molecule has 0 saturated carbocycles. The summed E-state index contributed by atoms with van der Waals surface area (Å²) in [7, 11) is 0. The van der Waals surface area contributed by atoms with Crippen molar-refractivity contribution in [2.45, 2.75) is 18.2 Å². The molecule has 1 aromatic rings. The maximum Gasteiger partial charge on any atom is 0.121 e. The maximum absolute atomic E-state index is 5.38. The molecule has 0 aliphatic carbocycles. The average Bonchev–Trinajstić information content (AvgIpc) is 2.31. The molecule has 3 N–H and O–H groups in total. The number of hydrogen-bond acceptors (Lipinski definition) is 3. The van der Waals surface area contributed by atoms with Crippen molar-refractivity contribution in [3.63, 3.8) is 0 Å². The summed E-state index contributed by atoms with van der Waals surface area (Å²) in [4.78, 5) is 5.57. The Morgan fingerprint density at radius 2 is 2.13 bits per heavy atom. The van der Waals surface area contributed by atoms with Crippen molar-refractivity contribution >= 4 is 17.6 Å². The van der Waals surface area contributed by atoms with Gasteiger partial charge in [-0.1, -0.05) is 25.1 Å². The molecular weight excluding hydrogens is 206 g/mol. The first-order valence-corrected chi connectivity index (χ1v) is 6.03. The molecule has 0 atom stereocenters. The third-order valence-electron chi connectivity index (χ3n) is 1.81. The van der Waals surface area contributed by atoms with Crippen molar-refractivity contribution in [3.8, 4) is 0 Å². The predicted molar refractivity (Wildman–Crippen MR) is 67.1 cm³/mol. The monoisotopic (exact) mass is 223 g/mol. The molecule has 1 aromatic carbocycles. The Labute approximate surface area is 95.1 Å². The standard InChI is InChI=1S/C11H17N3S/c1-2-8-13-11(14-12)9-15-10-6-4-3-5-7-10/h3-7H,2,8-9,12H2,1H3,(H,13,14). The number of thioether (sulfide) groups is 1. The molecule has 82 valence electrons. The number of nitrogens with two attached hydrogens (primary N) is 1. The van der Waals surface area contributed by atoms with Crippen LogP contribution in [0.1, 0.15) is 13.3 Å². The lowest BCUT2D eigenvalue weighted by Gasteiger charge is -2.05. The minimum absolute atomic E-state index is 0.792. The summed E-state index contributed by atoms with van der Waals surface area (Å²) in [5, 5.41) is 0. The molecule has 0 amide bonds. The van der Waals surface area contributed by atoms with Crippen LogP contribution in [0.25, 0.3) is 0 Å². The maximum atomic E-state index is 5.38. The van der Waals surface area contributed by atoms with Gasteiger partial charge in [0.2, 0.25) is 0 Å². The van der Waals surface area contributed by atoms with Gasteiger partial charge < -0.3 is 5.43 Å². The number of benzene rings is 1. The van der Waals surface area contributed by atoms with Crippen molar-refractivity contribution in [1.29, 1.82) is 0 Å². The van der Waals surface area contributed by atoms with E-state index in [9.17, 15) is 0 Å². The van der Waals surface area contributed by atoms with E-state index >= 15 is 0 Å². The first-order chi connectivity index (χ1) is 7.36. The second-order valence-corrected chi connectivity index (χ2v) is 4.12. The topological polar surface area (TPSA) is 50.4 Å². The quantitative estimate of drug-likeness (QED) is 0.264. The zero-order valence-electron chi connectivity index (χ0n) is 8.94. The Morgan fingerprint density at radius 1 is 1.40 bits per heavy atom. The summed E-state index contributed by atoms with van der Waals surface area (Å²) >= 11 is 1.73. The Bertz CT molecular complexity index is 298. The van der Waals surface area contributed by atoms with Crippen LogP contribution in [0.15, 0.2) is 40.2 Å². The Kier molecular flexibility index (Phi) is 5.88. The highest BCUT2D eigenvalue weighted by atomic mass is 32.2.